The molecule has 7 nitrogen and oxygen atoms in total. The standard InChI is InChI=1S/C17H22N2O5S/c1-4-10-19(11-5-2)16(20)13-24-17(21)12-18-25(22,23)15-8-6-14(3)7-9-15/h4-9,18H,1-2,10-13H2,3H3. The maximum atomic E-state index is 12.0. The lowest BCUT2D eigenvalue weighted by Crippen LogP contribution is -2.37. The van der Waals surface area contributed by atoms with Crippen molar-refractivity contribution in [2.45, 2.75) is 11.8 Å². The highest BCUT2D eigenvalue weighted by molar-refractivity contribution is 7.89. The van der Waals surface area contributed by atoms with Crippen LogP contribution in [0, 0.1) is 6.92 Å². The van der Waals surface area contributed by atoms with Crippen LogP contribution in [-0.2, 0) is 24.3 Å². The molecule has 1 rings (SSSR count). The number of hydrogen-bond donors (Lipinski definition) is 1. The number of amides is 1. The number of aryl methyl sites for hydroxylation is 1. The Morgan fingerprint density at radius 2 is 1.72 bits per heavy atom. The first-order valence-electron chi connectivity index (χ1n) is 7.51. The normalized spacial score (nSPS) is 10.8. The molecule has 1 aromatic rings. The molecule has 25 heavy (non-hydrogen) atoms. The summed E-state index contributed by atoms with van der Waals surface area (Å²) >= 11 is 0. The molecule has 1 aromatic carbocycles. The van der Waals surface area contributed by atoms with Crippen molar-refractivity contribution in [2.24, 2.45) is 0 Å². The lowest BCUT2D eigenvalue weighted by Gasteiger charge is -2.18. The van der Waals surface area contributed by atoms with Crippen LogP contribution in [0.2, 0.25) is 0 Å². The zero-order valence-electron chi connectivity index (χ0n) is 14.1. The van der Waals surface area contributed by atoms with Gasteiger partial charge >= 0.3 is 5.97 Å². The molecule has 0 aromatic heterocycles. The van der Waals surface area contributed by atoms with E-state index in [-0.39, 0.29) is 4.90 Å². The number of carbonyl (C=O) groups excluding carboxylic acids is 2. The van der Waals surface area contributed by atoms with Crippen molar-refractivity contribution in [1.82, 2.24) is 9.62 Å². The SMILES string of the molecule is C=CCN(CC=C)C(=O)COC(=O)CNS(=O)(=O)c1ccc(C)cc1. The molecule has 1 amide bonds. The van der Waals surface area contributed by atoms with E-state index in [1.54, 1.807) is 24.3 Å². The van der Waals surface area contributed by atoms with Crippen molar-refractivity contribution in [3.8, 4) is 0 Å². The summed E-state index contributed by atoms with van der Waals surface area (Å²) in [5.41, 5.74) is 0.917. The van der Waals surface area contributed by atoms with Gasteiger partial charge in [0.05, 0.1) is 4.90 Å². The van der Waals surface area contributed by atoms with Crippen LogP contribution >= 0.6 is 0 Å². The first kappa shape index (κ1) is 20.6. The number of sulfonamides is 1. The summed E-state index contributed by atoms with van der Waals surface area (Å²) in [6.45, 7) is 8.46. The van der Waals surface area contributed by atoms with Gasteiger partial charge in [0.25, 0.3) is 5.91 Å². The first-order chi connectivity index (χ1) is 11.8. The number of ether oxygens (including phenoxy) is 1. The van der Waals surface area contributed by atoms with Gasteiger partial charge in [-0.25, -0.2) is 8.42 Å². The molecule has 0 atom stereocenters. The average molecular weight is 366 g/mol. The van der Waals surface area contributed by atoms with Crippen LogP contribution in [0.25, 0.3) is 0 Å². The Balaban J connectivity index is 2.51. The van der Waals surface area contributed by atoms with Crippen LogP contribution < -0.4 is 4.72 Å². The van der Waals surface area contributed by atoms with Crippen LogP contribution in [0.1, 0.15) is 5.56 Å². The fourth-order valence-corrected chi connectivity index (χ4v) is 2.80. The van der Waals surface area contributed by atoms with E-state index < -0.39 is 35.1 Å². The third-order valence-electron chi connectivity index (χ3n) is 3.15. The molecular formula is C17H22N2O5S. The zero-order valence-corrected chi connectivity index (χ0v) is 14.9. The Bertz CT molecular complexity index is 716. The zero-order chi connectivity index (χ0) is 18.9. The number of rotatable bonds is 10. The molecule has 0 spiro atoms. The molecule has 8 heteroatoms. The van der Waals surface area contributed by atoms with Gasteiger partial charge in [0.15, 0.2) is 6.61 Å². The van der Waals surface area contributed by atoms with E-state index in [1.807, 2.05) is 6.92 Å². The molecule has 0 aliphatic carbocycles. The second-order valence-electron chi connectivity index (χ2n) is 5.17. The summed E-state index contributed by atoms with van der Waals surface area (Å²) in [5, 5.41) is 0. The molecule has 0 saturated carbocycles. The minimum absolute atomic E-state index is 0.0464. The van der Waals surface area contributed by atoms with Crippen molar-refractivity contribution in [3.63, 3.8) is 0 Å². The summed E-state index contributed by atoms with van der Waals surface area (Å²) in [7, 11) is -3.82. The Labute approximate surface area is 148 Å². The van der Waals surface area contributed by atoms with E-state index in [9.17, 15) is 18.0 Å². The van der Waals surface area contributed by atoms with Crippen molar-refractivity contribution >= 4 is 21.9 Å². The van der Waals surface area contributed by atoms with E-state index in [2.05, 4.69) is 17.9 Å². The van der Waals surface area contributed by atoms with Crippen molar-refractivity contribution < 1.29 is 22.7 Å². The van der Waals surface area contributed by atoms with Gasteiger partial charge < -0.3 is 9.64 Å². The fourth-order valence-electron chi connectivity index (χ4n) is 1.83. The first-order valence-corrected chi connectivity index (χ1v) is 9.00. The molecule has 136 valence electrons. The maximum Gasteiger partial charge on any atom is 0.321 e. The Morgan fingerprint density at radius 1 is 1.16 bits per heavy atom. The van der Waals surface area contributed by atoms with Crippen LogP contribution in [0.4, 0.5) is 0 Å². The van der Waals surface area contributed by atoms with Gasteiger partial charge in [0, 0.05) is 13.1 Å². The van der Waals surface area contributed by atoms with Gasteiger partial charge in [-0.1, -0.05) is 29.8 Å². The minimum Gasteiger partial charge on any atom is -0.455 e. The minimum atomic E-state index is -3.82. The van der Waals surface area contributed by atoms with Gasteiger partial charge in [-0.05, 0) is 19.1 Å². The van der Waals surface area contributed by atoms with Crippen LogP contribution in [0.15, 0.2) is 54.5 Å². The largest absolute Gasteiger partial charge is 0.455 e. The smallest absolute Gasteiger partial charge is 0.321 e. The van der Waals surface area contributed by atoms with Gasteiger partial charge in [-0.3, -0.25) is 9.59 Å². The molecule has 1 N–H and O–H groups in total. The van der Waals surface area contributed by atoms with E-state index >= 15 is 0 Å². The summed E-state index contributed by atoms with van der Waals surface area (Å²) in [4.78, 5) is 25.0. The van der Waals surface area contributed by atoms with Crippen LogP contribution in [-0.4, -0.2) is 51.4 Å². The molecule has 0 radical (unpaired) electrons. The summed E-state index contributed by atoms with van der Waals surface area (Å²) in [5.74, 6) is -1.27. The number of nitrogens with zero attached hydrogens (tertiary/aromatic N) is 1. The molecule has 0 aliphatic heterocycles. The van der Waals surface area contributed by atoms with E-state index in [4.69, 9.17) is 4.74 Å². The Kier molecular flexibility index (Phi) is 8.03. The third kappa shape index (κ3) is 6.90. The highest BCUT2D eigenvalue weighted by Gasteiger charge is 2.17. The van der Waals surface area contributed by atoms with Crippen molar-refractivity contribution in [2.75, 3.05) is 26.2 Å². The second-order valence-corrected chi connectivity index (χ2v) is 6.94. The number of nitrogens with one attached hydrogen (secondary N) is 1. The fraction of sp³-hybridized carbons (Fsp3) is 0.294. The lowest BCUT2D eigenvalue weighted by atomic mass is 10.2. The molecule has 0 aliphatic rings. The highest BCUT2D eigenvalue weighted by atomic mass is 32.2. The van der Waals surface area contributed by atoms with Crippen molar-refractivity contribution in [1.29, 1.82) is 0 Å². The number of benzene rings is 1. The number of hydrogen-bond acceptors (Lipinski definition) is 5. The van der Waals surface area contributed by atoms with E-state index in [0.29, 0.717) is 13.1 Å². The van der Waals surface area contributed by atoms with Gasteiger partial charge in [0.2, 0.25) is 10.0 Å². The van der Waals surface area contributed by atoms with E-state index in [0.717, 1.165) is 5.56 Å². The maximum absolute atomic E-state index is 12.0. The van der Waals surface area contributed by atoms with Gasteiger partial charge in [0.1, 0.15) is 6.54 Å². The molecule has 0 fully saturated rings. The lowest BCUT2D eigenvalue weighted by molar-refractivity contribution is -0.150. The summed E-state index contributed by atoms with van der Waals surface area (Å²) in [6.07, 6.45) is 3.08. The third-order valence-corrected chi connectivity index (χ3v) is 4.56. The topological polar surface area (TPSA) is 92.8 Å². The molecule has 0 saturated heterocycles. The summed E-state index contributed by atoms with van der Waals surface area (Å²) in [6, 6.07) is 6.18. The quantitative estimate of drug-likeness (QED) is 0.493. The Morgan fingerprint density at radius 3 is 2.24 bits per heavy atom. The summed E-state index contributed by atoms with van der Waals surface area (Å²) < 4.78 is 31.0. The molecular weight excluding hydrogens is 344 g/mol. The number of esters is 1. The molecule has 0 heterocycles. The monoisotopic (exact) mass is 366 g/mol. The van der Waals surface area contributed by atoms with Gasteiger partial charge in [-0.15, -0.1) is 13.2 Å². The molecule has 0 bridgehead atoms. The Hall–Kier alpha value is -2.45. The second kappa shape index (κ2) is 9.75. The van der Waals surface area contributed by atoms with Gasteiger partial charge in [-0.2, -0.15) is 4.72 Å². The van der Waals surface area contributed by atoms with Crippen molar-refractivity contribution in [3.05, 3.63) is 55.1 Å². The van der Waals surface area contributed by atoms with Crippen LogP contribution in [0.5, 0.6) is 0 Å². The average Bonchev–Trinajstić information content (AvgIpc) is 2.58. The molecule has 0 unspecified atom stereocenters. The highest BCUT2D eigenvalue weighted by Crippen LogP contribution is 2.09. The predicted octanol–water partition coefficient (Wildman–Crippen LogP) is 1.02. The van der Waals surface area contributed by atoms with Crippen LogP contribution in [0.3, 0.4) is 0 Å². The number of carbonyl (C=O) groups is 2. The van der Waals surface area contributed by atoms with E-state index in [1.165, 1.54) is 17.0 Å². The predicted molar refractivity (Wildman–Crippen MR) is 94.3 cm³/mol.